The number of carbonyl (C=O) groups is 4. The second-order valence-electron chi connectivity index (χ2n) is 19.3. The summed E-state index contributed by atoms with van der Waals surface area (Å²) in [6.45, 7) is 10.7. The van der Waals surface area contributed by atoms with E-state index < -0.39 is 86.1 Å². The predicted octanol–water partition coefficient (Wildman–Crippen LogP) is 9.42. The van der Waals surface area contributed by atoms with E-state index in [0.29, 0.717) is 49.7 Å². The molecule has 3 aromatic carbocycles. The number of thiocarbonyl (C=S) groups is 1. The van der Waals surface area contributed by atoms with Crippen LogP contribution in [-0.4, -0.2) is 87.6 Å². The molecule has 2 saturated heterocycles. The Morgan fingerprint density at radius 2 is 1.70 bits per heavy atom. The lowest BCUT2D eigenvalue weighted by Gasteiger charge is -2.35. The minimum Gasteiger partial charge on any atom is -0.493 e. The molecule has 0 aliphatic carbocycles. The average Bonchev–Trinajstić information content (AvgIpc) is 4.05. The van der Waals surface area contributed by atoms with Gasteiger partial charge in [0.2, 0.25) is 17.7 Å². The van der Waals surface area contributed by atoms with Crippen LogP contribution >= 0.6 is 23.6 Å². The topological polar surface area (TPSA) is 170 Å². The fourth-order valence-electron chi connectivity index (χ4n) is 8.72. The van der Waals surface area contributed by atoms with Gasteiger partial charge in [0.05, 0.1) is 51.9 Å². The standard InChI is InChI=1S/C52H52F6N8O6S2/c1-29-44(74-28-62-29)31-13-11-30(12-14-31)25-61-46(68)39-10-9-19-64(39)47(69)45(50(2,3)4)63-40(67)27-71-20-7-8-21-72-34-16-17-35(36(53)23-34)43-37(54)22-33(26-60-43)66-49(73)65(48(70)51(66,5)6)38-18-15-32(24-59)41(42(38)55)52(56,57)58/h11-18,22-23,26,28,39,45H,7-10,19-21,25,27H2,1-6H3,(H,61,68)(H,63,67). The lowest BCUT2D eigenvalue weighted by Crippen LogP contribution is -2.58. The summed E-state index contributed by atoms with van der Waals surface area (Å²) in [7, 11) is 0. The summed E-state index contributed by atoms with van der Waals surface area (Å²) in [6, 6.07) is 13.7. The van der Waals surface area contributed by atoms with E-state index in [9.17, 15) is 32.3 Å². The summed E-state index contributed by atoms with van der Waals surface area (Å²) in [5, 5.41) is 14.5. The Balaban J connectivity index is 0.867. The second-order valence-corrected chi connectivity index (χ2v) is 20.5. The molecule has 2 aromatic heterocycles. The Kier molecular flexibility index (Phi) is 16.5. The number of ether oxygens (including phenoxy) is 2. The predicted molar refractivity (Wildman–Crippen MR) is 268 cm³/mol. The van der Waals surface area contributed by atoms with Gasteiger partial charge in [-0.25, -0.2) is 18.2 Å². The largest absolute Gasteiger partial charge is 0.493 e. The third-order valence-corrected chi connectivity index (χ3v) is 13.9. The number of unbranched alkanes of at least 4 members (excludes halogenated alkanes) is 1. The van der Waals surface area contributed by atoms with Crippen molar-refractivity contribution >= 4 is 63.7 Å². The molecule has 0 saturated carbocycles. The third-order valence-electron chi connectivity index (χ3n) is 12.6. The second kappa shape index (κ2) is 22.3. The van der Waals surface area contributed by atoms with E-state index in [1.54, 1.807) is 16.8 Å². The van der Waals surface area contributed by atoms with Gasteiger partial charge in [-0.1, -0.05) is 45.0 Å². The number of benzene rings is 3. The van der Waals surface area contributed by atoms with Crippen molar-refractivity contribution in [3.63, 3.8) is 0 Å². The molecule has 22 heteroatoms. The number of amides is 4. The molecule has 2 fully saturated rings. The lowest BCUT2D eigenvalue weighted by atomic mass is 9.85. The van der Waals surface area contributed by atoms with Crippen LogP contribution in [-0.2, 0) is 36.6 Å². The van der Waals surface area contributed by atoms with Gasteiger partial charge in [0.1, 0.15) is 47.1 Å². The van der Waals surface area contributed by atoms with Crippen molar-refractivity contribution in [1.82, 2.24) is 25.5 Å². The van der Waals surface area contributed by atoms with E-state index in [-0.39, 0.29) is 48.6 Å². The number of nitrogens with zero attached hydrogens (tertiary/aromatic N) is 6. The molecule has 4 amide bonds. The van der Waals surface area contributed by atoms with Crippen molar-refractivity contribution in [1.29, 1.82) is 5.26 Å². The zero-order chi connectivity index (χ0) is 53.9. The van der Waals surface area contributed by atoms with Gasteiger partial charge in [-0.05, 0) is 99.5 Å². The quantitative estimate of drug-likeness (QED) is 0.0517. The van der Waals surface area contributed by atoms with Crippen molar-refractivity contribution < 1.29 is 55.0 Å². The van der Waals surface area contributed by atoms with Crippen molar-refractivity contribution in [2.75, 3.05) is 36.2 Å². The summed E-state index contributed by atoms with van der Waals surface area (Å²) < 4.78 is 99.3. The molecule has 2 unspecified atom stereocenters. The molecule has 0 spiro atoms. The molecule has 7 rings (SSSR count). The first kappa shape index (κ1) is 54.8. The monoisotopic (exact) mass is 1060 g/mol. The van der Waals surface area contributed by atoms with Crippen LogP contribution in [0.25, 0.3) is 21.7 Å². The molecule has 2 atom stereocenters. The molecule has 390 valence electrons. The number of likely N-dealkylation sites (tertiary alicyclic amines) is 1. The molecule has 74 heavy (non-hydrogen) atoms. The number of thiazole rings is 1. The third kappa shape index (κ3) is 11.7. The Labute approximate surface area is 432 Å². The van der Waals surface area contributed by atoms with E-state index in [1.807, 2.05) is 52.0 Å². The van der Waals surface area contributed by atoms with Gasteiger partial charge in [0.15, 0.2) is 16.7 Å². The number of pyridine rings is 1. The van der Waals surface area contributed by atoms with Crippen LogP contribution in [0.15, 0.2) is 72.4 Å². The number of aromatic nitrogens is 2. The fraction of sp³-hybridized carbons (Fsp3) is 0.385. The van der Waals surface area contributed by atoms with Crippen LogP contribution < -0.4 is 25.2 Å². The molecule has 0 radical (unpaired) electrons. The Bertz CT molecular complexity index is 3010. The maximum Gasteiger partial charge on any atom is 0.420 e. The number of aryl methyl sites for hydroxylation is 1. The first-order valence-electron chi connectivity index (χ1n) is 23.5. The van der Waals surface area contributed by atoms with Crippen molar-refractivity contribution in [3.8, 4) is 33.5 Å². The highest BCUT2D eigenvalue weighted by Crippen LogP contribution is 2.42. The number of carbonyl (C=O) groups excluding carboxylic acids is 4. The summed E-state index contributed by atoms with van der Waals surface area (Å²) in [6.07, 6.45) is -2.17. The van der Waals surface area contributed by atoms with E-state index in [2.05, 4.69) is 20.6 Å². The molecule has 4 heterocycles. The number of anilines is 2. The minimum absolute atomic E-state index is 0.124. The van der Waals surface area contributed by atoms with Crippen molar-refractivity contribution in [3.05, 3.63) is 112 Å². The zero-order valence-corrected chi connectivity index (χ0v) is 42.8. The SMILES string of the molecule is Cc1ncsc1-c1ccc(CNC(=O)C2CCCN2C(=O)C(NC(=O)COCCCCOc2ccc(-c3ncc(N4C(=S)N(c5ccc(C#N)c(C(F)(F)F)c5F)C(=O)C4(C)C)cc3F)c(F)c2)C(C)(C)C)cc1. The summed E-state index contributed by atoms with van der Waals surface area (Å²) >= 11 is 6.98. The maximum absolute atomic E-state index is 15.8. The highest BCUT2D eigenvalue weighted by atomic mass is 32.1. The molecule has 2 N–H and O–H groups in total. The van der Waals surface area contributed by atoms with Crippen LogP contribution in [0.2, 0.25) is 0 Å². The Morgan fingerprint density at radius 3 is 2.34 bits per heavy atom. The molecule has 0 bridgehead atoms. The van der Waals surface area contributed by atoms with Crippen LogP contribution in [0, 0.1) is 41.1 Å². The van der Waals surface area contributed by atoms with E-state index in [0.717, 1.165) is 51.0 Å². The lowest BCUT2D eigenvalue weighted by molar-refractivity contribution is -0.144. The van der Waals surface area contributed by atoms with Gasteiger partial charge >= 0.3 is 6.18 Å². The number of hydrogen-bond donors (Lipinski definition) is 2. The van der Waals surface area contributed by atoms with Crippen molar-refractivity contribution in [2.24, 2.45) is 5.41 Å². The molecular weight excluding hydrogens is 1010 g/mol. The van der Waals surface area contributed by atoms with Gasteiger partial charge in [-0.3, -0.25) is 29.1 Å². The van der Waals surface area contributed by atoms with Gasteiger partial charge in [0, 0.05) is 37.4 Å². The molecular formula is C52H52F6N8O6S2. The minimum atomic E-state index is -5.28. The normalized spacial score (nSPS) is 16.1. The molecule has 5 aromatic rings. The van der Waals surface area contributed by atoms with Gasteiger partial charge < -0.3 is 29.9 Å². The van der Waals surface area contributed by atoms with Gasteiger partial charge in [-0.15, -0.1) is 11.3 Å². The number of nitrogens with one attached hydrogen (secondary N) is 2. The first-order valence-corrected chi connectivity index (χ1v) is 24.7. The fourth-order valence-corrected chi connectivity index (χ4v) is 10.0. The number of alkyl halides is 3. The van der Waals surface area contributed by atoms with Crippen molar-refractivity contribution in [2.45, 2.75) is 97.6 Å². The van der Waals surface area contributed by atoms with Crippen LogP contribution in [0.3, 0.4) is 0 Å². The van der Waals surface area contributed by atoms with Gasteiger partial charge in [-0.2, -0.15) is 18.4 Å². The Morgan fingerprint density at radius 1 is 0.986 bits per heavy atom. The first-order chi connectivity index (χ1) is 34.9. The highest BCUT2D eigenvalue weighted by Gasteiger charge is 2.52. The summed E-state index contributed by atoms with van der Waals surface area (Å²) in [4.78, 5) is 66.6. The maximum atomic E-state index is 15.8. The number of hydrogen-bond acceptors (Lipinski definition) is 11. The number of rotatable bonds is 17. The molecule has 14 nitrogen and oxygen atoms in total. The molecule has 2 aliphatic heterocycles. The van der Waals surface area contributed by atoms with E-state index >= 15 is 13.2 Å². The molecule has 2 aliphatic rings. The average molecular weight is 1060 g/mol. The van der Waals surface area contributed by atoms with Gasteiger partial charge in [0.25, 0.3) is 5.91 Å². The summed E-state index contributed by atoms with van der Waals surface area (Å²) in [5.74, 6) is -5.78. The number of halogens is 6. The van der Waals surface area contributed by atoms with Crippen LogP contribution in [0.5, 0.6) is 5.75 Å². The van der Waals surface area contributed by atoms with Crippen LogP contribution in [0.4, 0.5) is 37.7 Å². The Hall–Kier alpha value is -6.96. The van der Waals surface area contributed by atoms with Crippen LogP contribution in [0.1, 0.15) is 82.7 Å². The summed E-state index contributed by atoms with van der Waals surface area (Å²) in [5.41, 5.74) is -2.21. The highest BCUT2D eigenvalue weighted by molar-refractivity contribution is 7.81. The van der Waals surface area contributed by atoms with E-state index in [1.165, 1.54) is 36.9 Å². The van der Waals surface area contributed by atoms with E-state index in [4.69, 9.17) is 27.0 Å². The smallest absolute Gasteiger partial charge is 0.420 e. The number of nitriles is 1. The zero-order valence-electron chi connectivity index (χ0n) is 41.2.